The van der Waals surface area contributed by atoms with Crippen molar-refractivity contribution in [3.05, 3.63) is 11.7 Å². The highest BCUT2D eigenvalue weighted by Gasteiger charge is 2.06. The van der Waals surface area contributed by atoms with E-state index in [1.54, 1.807) is 0 Å². The highest BCUT2D eigenvalue weighted by Crippen LogP contribution is 2.09. The summed E-state index contributed by atoms with van der Waals surface area (Å²) in [6, 6.07) is 0. The lowest BCUT2D eigenvalue weighted by molar-refractivity contribution is -0.133. The minimum Gasteiger partial charge on any atom is -0.481 e. The topological polar surface area (TPSA) is 85.5 Å². The van der Waals surface area contributed by atoms with Gasteiger partial charge < -0.3 is 14.4 Å². The van der Waals surface area contributed by atoms with Crippen LogP contribution in [0.4, 0.5) is 0 Å². The predicted molar refractivity (Wildman–Crippen MR) is 48.8 cm³/mol. The van der Waals surface area contributed by atoms with Gasteiger partial charge in [-0.3, -0.25) is 4.79 Å². The summed E-state index contributed by atoms with van der Waals surface area (Å²) in [5.74, 6) is 0.471. The third-order valence-corrected chi connectivity index (χ3v) is 2.14. The van der Waals surface area contributed by atoms with E-state index >= 15 is 0 Å². The quantitative estimate of drug-likeness (QED) is 0.745. The lowest BCUT2D eigenvalue weighted by atomic mass is 10.6. The van der Waals surface area contributed by atoms with Crippen molar-refractivity contribution < 1.29 is 19.2 Å². The molecule has 0 saturated heterocycles. The van der Waals surface area contributed by atoms with E-state index in [1.165, 1.54) is 18.9 Å². The molecule has 0 atom stereocenters. The number of carbonyl (C=O) groups is 1. The van der Waals surface area contributed by atoms with E-state index in [-0.39, 0.29) is 5.75 Å². The Kier molecular flexibility index (Phi) is 4.41. The number of rotatable bonds is 6. The molecule has 1 aromatic heterocycles. The van der Waals surface area contributed by atoms with Gasteiger partial charge in [-0.05, 0) is 0 Å². The third-order valence-electron chi connectivity index (χ3n) is 1.23. The SMILES string of the molecule is COCc1noc(CSCC(=O)O)n1. The first-order valence-electron chi connectivity index (χ1n) is 3.82. The van der Waals surface area contributed by atoms with E-state index in [4.69, 9.17) is 14.4 Å². The second kappa shape index (κ2) is 5.61. The number of hydrogen-bond acceptors (Lipinski definition) is 6. The van der Waals surface area contributed by atoms with E-state index in [0.717, 1.165) is 0 Å². The van der Waals surface area contributed by atoms with Crippen molar-refractivity contribution in [3.8, 4) is 0 Å². The van der Waals surface area contributed by atoms with Gasteiger partial charge in [0, 0.05) is 7.11 Å². The van der Waals surface area contributed by atoms with Gasteiger partial charge in [0.1, 0.15) is 6.61 Å². The van der Waals surface area contributed by atoms with Crippen LogP contribution in [0.3, 0.4) is 0 Å². The number of ether oxygens (including phenoxy) is 1. The number of carboxylic acid groups (broad SMARTS) is 1. The molecule has 0 aliphatic heterocycles. The molecule has 0 saturated carbocycles. The first-order valence-corrected chi connectivity index (χ1v) is 4.97. The number of hydrogen-bond donors (Lipinski definition) is 1. The Morgan fingerprint density at radius 1 is 1.71 bits per heavy atom. The minimum absolute atomic E-state index is 0.0298. The van der Waals surface area contributed by atoms with Crippen LogP contribution in [0.15, 0.2) is 4.52 Å². The van der Waals surface area contributed by atoms with Gasteiger partial charge in [0.05, 0.1) is 11.5 Å². The predicted octanol–water partition coefficient (Wildman–Crippen LogP) is 0.534. The van der Waals surface area contributed by atoms with Crippen molar-refractivity contribution in [2.24, 2.45) is 0 Å². The van der Waals surface area contributed by atoms with Crippen molar-refractivity contribution in [2.45, 2.75) is 12.4 Å². The highest BCUT2D eigenvalue weighted by molar-refractivity contribution is 7.99. The summed E-state index contributed by atoms with van der Waals surface area (Å²) in [4.78, 5) is 14.2. The Bertz CT molecular complexity index is 302. The normalized spacial score (nSPS) is 10.4. The van der Waals surface area contributed by atoms with Crippen molar-refractivity contribution in [2.75, 3.05) is 12.9 Å². The van der Waals surface area contributed by atoms with Gasteiger partial charge in [-0.1, -0.05) is 5.16 Å². The summed E-state index contributed by atoms with van der Waals surface area (Å²) < 4.78 is 9.64. The average molecular weight is 218 g/mol. The first kappa shape index (κ1) is 11.0. The van der Waals surface area contributed by atoms with Crippen LogP contribution in [0, 0.1) is 0 Å². The second-order valence-electron chi connectivity index (χ2n) is 2.42. The van der Waals surface area contributed by atoms with Crippen LogP contribution in [0.1, 0.15) is 11.7 Å². The fourth-order valence-electron chi connectivity index (χ4n) is 0.762. The first-order chi connectivity index (χ1) is 6.72. The highest BCUT2D eigenvalue weighted by atomic mass is 32.2. The molecule has 1 rings (SSSR count). The Morgan fingerprint density at radius 2 is 2.50 bits per heavy atom. The molecule has 1 heterocycles. The number of thioether (sulfide) groups is 1. The zero-order valence-electron chi connectivity index (χ0n) is 7.60. The van der Waals surface area contributed by atoms with Gasteiger partial charge >= 0.3 is 5.97 Å². The van der Waals surface area contributed by atoms with Crippen LogP contribution in [0.2, 0.25) is 0 Å². The van der Waals surface area contributed by atoms with Crippen LogP contribution in [-0.2, 0) is 21.9 Å². The standard InChI is InChI=1S/C7H10N2O4S/c1-12-2-5-8-6(13-9-5)3-14-4-7(10)11/h2-4H2,1H3,(H,10,11). The molecule has 0 fully saturated rings. The number of aromatic nitrogens is 2. The van der Waals surface area contributed by atoms with Gasteiger partial charge in [0.25, 0.3) is 0 Å². The second-order valence-corrected chi connectivity index (χ2v) is 3.41. The molecule has 1 aromatic rings. The maximum Gasteiger partial charge on any atom is 0.313 e. The molecule has 0 aliphatic carbocycles. The van der Waals surface area contributed by atoms with Gasteiger partial charge in [0.2, 0.25) is 5.89 Å². The van der Waals surface area contributed by atoms with E-state index in [9.17, 15) is 4.79 Å². The van der Waals surface area contributed by atoms with Crippen LogP contribution in [-0.4, -0.2) is 34.1 Å². The summed E-state index contributed by atoms with van der Waals surface area (Å²) in [7, 11) is 1.54. The summed E-state index contributed by atoms with van der Waals surface area (Å²) in [5, 5.41) is 12.0. The maximum atomic E-state index is 10.2. The largest absolute Gasteiger partial charge is 0.481 e. The van der Waals surface area contributed by atoms with Gasteiger partial charge in [-0.25, -0.2) is 0 Å². The fraction of sp³-hybridized carbons (Fsp3) is 0.571. The Labute approximate surface area is 84.6 Å². The molecule has 7 heteroatoms. The Morgan fingerprint density at radius 3 is 3.14 bits per heavy atom. The van der Waals surface area contributed by atoms with Gasteiger partial charge in [0.15, 0.2) is 5.82 Å². The molecule has 14 heavy (non-hydrogen) atoms. The van der Waals surface area contributed by atoms with E-state index < -0.39 is 5.97 Å². The van der Waals surface area contributed by atoms with Crippen LogP contribution >= 0.6 is 11.8 Å². The zero-order chi connectivity index (χ0) is 10.4. The average Bonchev–Trinajstić information content (AvgIpc) is 2.53. The molecule has 0 spiro atoms. The number of carboxylic acids is 1. The number of nitrogens with zero attached hydrogens (tertiary/aromatic N) is 2. The molecule has 0 aromatic carbocycles. The molecule has 0 bridgehead atoms. The zero-order valence-corrected chi connectivity index (χ0v) is 8.41. The van der Waals surface area contributed by atoms with Crippen LogP contribution in [0.5, 0.6) is 0 Å². The molecule has 78 valence electrons. The third kappa shape index (κ3) is 3.75. The van der Waals surface area contributed by atoms with E-state index in [2.05, 4.69) is 10.1 Å². The Hall–Kier alpha value is -1.08. The Balaban J connectivity index is 2.32. The summed E-state index contributed by atoms with van der Waals surface area (Å²) >= 11 is 1.21. The summed E-state index contributed by atoms with van der Waals surface area (Å²) in [6.45, 7) is 0.299. The van der Waals surface area contributed by atoms with E-state index in [0.29, 0.717) is 24.1 Å². The molecule has 6 nitrogen and oxygen atoms in total. The molecule has 0 aliphatic rings. The van der Waals surface area contributed by atoms with Crippen molar-refractivity contribution in [1.29, 1.82) is 0 Å². The monoisotopic (exact) mass is 218 g/mol. The number of methoxy groups -OCH3 is 1. The lowest BCUT2D eigenvalue weighted by Gasteiger charge is -1.91. The molecular weight excluding hydrogens is 208 g/mol. The van der Waals surface area contributed by atoms with Crippen molar-refractivity contribution in [1.82, 2.24) is 10.1 Å². The fourth-order valence-corrected chi connectivity index (χ4v) is 1.33. The molecule has 0 unspecified atom stereocenters. The summed E-state index contributed by atoms with van der Waals surface area (Å²) in [5.41, 5.74) is 0. The van der Waals surface area contributed by atoms with E-state index in [1.807, 2.05) is 0 Å². The smallest absolute Gasteiger partial charge is 0.313 e. The van der Waals surface area contributed by atoms with Gasteiger partial charge in [-0.2, -0.15) is 4.98 Å². The van der Waals surface area contributed by atoms with Gasteiger partial charge in [-0.15, -0.1) is 11.8 Å². The van der Waals surface area contributed by atoms with Crippen LogP contribution < -0.4 is 0 Å². The lowest BCUT2D eigenvalue weighted by Crippen LogP contribution is -1.98. The van der Waals surface area contributed by atoms with Crippen LogP contribution in [0.25, 0.3) is 0 Å². The molecule has 1 N–H and O–H groups in total. The molecular formula is C7H10N2O4S. The maximum absolute atomic E-state index is 10.2. The van der Waals surface area contributed by atoms with Crippen molar-refractivity contribution in [3.63, 3.8) is 0 Å². The molecule has 0 radical (unpaired) electrons. The minimum atomic E-state index is -0.855. The molecule has 0 amide bonds. The van der Waals surface area contributed by atoms with Crippen molar-refractivity contribution >= 4 is 17.7 Å². The number of aliphatic carboxylic acids is 1. The summed E-state index contributed by atoms with van der Waals surface area (Å²) in [6.07, 6.45) is 0.